The first-order valence-corrected chi connectivity index (χ1v) is 5.13. The molecule has 0 amide bonds. The predicted octanol–water partition coefficient (Wildman–Crippen LogP) is 2.40. The molecule has 3 heteroatoms. The number of nitriles is 1. The Morgan fingerprint density at radius 1 is 1.29 bits per heavy atom. The first-order valence-electron chi connectivity index (χ1n) is 5.13. The van der Waals surface area contributed by atoms with Crippen LogP contribution < -0.4 is 0 Å². The van der Waals surface area contributed by atoms with Crippen molar-refractivity contribution in [3.63, 3.8) is 0 Å². The highest BCUT2D eigenvalue weighted by Gasteiger charge is 2.17. The van der Waals surface area contributed by atoms with Gasteiger partial charge in [-0.3, -0.25) is 0 Å². The second kappa shape index (κ2) is 4.19. The van der Waals surface area contributed by atoms with Gasteiger partial charge >= 0.3 is 0 Å². The first kappa shape index (κ1) is 9.14. The summed E-state index contributed by atoms with van der Waals surface area (Å²) in [5.41, 5.74) is 0.487. The Kier molecular flexibility index (Phi) is 2.73. The summed E-state index contributed by atoms with van der Waals surface area (Å²) in [6.07, 6.45) is 7.91. The maximum absolute atomic E-state index is 8.72. The van der Waals surface area contributed by atoms with E-state index in [1.807, 2.05) is 0 Å². The van der Waals surface area contributed by atoms with Gasteiger partial charge in [0.25, 0.3) is 0 Å². The zero-order valence-corrected chi connectivity index (χ0v) is 8.11. The summed E-state index contributed by atoms with van der Waals surface area (Å²) in [7, 11) is 0. The van der Waals surface area contributed by atoms with E-state index in [4.69, 9.17) is 5.26 Å². The fourth-order valence-corrected chi connectivity index (χ4v) is 1.99. The molecule has 0 bridgehead atoms. The van der Waals surface area contributed by atoms with Gasteiger partial charge in [-0.25, -0.2) is 9.97 Å². The molecule has 1 fully saturated rings. The van der Waals surface area contributed by atoms with Crippen molar-refractivity contribution in [2.45, 2.75) is 38.0 Å². The van der Waals surface area contributed by atoms with E-state index in [2.05, 4.69) is 16.0 Å². The molecule has 2 rings (SSSR count). The van der Waals surface area contributed by atoms with E-state index in [0.717, 1.165) is 5.82 Å². The second-order valence-electron chi connectivity index (χ2n) is 3.75. The van der Waals surface area contributed by atoms with E-state index in [1.54, 1.807) is 12.3 Å². The van der Waals surface area contributed by atoms with Gasteiger partial charge < -0.3 is 0 Å². The Balaban J connectivity index is 2.18. The standard InChI is InChI=1S/C11H13N3/c12-8-10-6-7-13-11(14-10)9-4-2-1-3-5-9/h6-7,9H,1-5H2. The van der Waals surface area contributed by atoms with Crippen molar-refractivity contribution >= 4 is 0 Å². The van der Waals surface area contributed by atoms with Gasteiger partial charge in [0.15, 0.2) is 0 Å². The molecule has 72 valence electrons. The summed E-state index contributed by atoms with van der Waals surface area (Å²) < 4.78 is 0. The molecule has 0 saturated heterocycles. The van der Waals surface area contributed by atoms with E-state index in [1.165, 1.54) is 32.1 Å². The summed E-state index contributed by atoms with van der Waals surface area (Å²) in [6, 6.07) is 3.71. The smallest absolute Gasteiger partial charge is 0.144 e. The lowest BCUT2D eigenvalue weighted by molar-refractivity contribution is 0.428. The average Bonchev–Trinajstić information content (AvgIpc) is 2.30. The molecule has 14 heavy (non-hydrogen) atoms. The molecule has 0 unspecified atom stereocenters. The minimum absolute atomic E-state index is 0.483. The van der Waals surface area contributed by atoms with Crippen LogP contribution in [0.5, 0.6) is 0 Å². The molecule has 3 nitrogen and oxygen atoms in total. The molecule has 0 N–H and O–H groups in total. The van der Waals surface area contributed by atoms with Crippen LogP contribution in [0.4, 0.5) is 0 Å². The van der Waals surface area contributed by atoms with Crippen LogP contribution in [0.1, 0.15) is 49.5 Å². The van der Waals surface area contributed by atoms with Gasteiger partial charge in [-0.1, -0.05) is 19.3 Å². The van der Waals surface area contributed by atoms with Gasteiger partial charge in [0.1, 0.15) is 17.6 Å². The SMILES string of the molecule is N#Cc1ccnc(C2CCCCC2)n1. The maximum atomic E-state index is 8.72. The lowest BCUT2D eigenvalue weighted by Gasteiger charge is -2.19. The molecule has 0 atom stereocenters. The minimum Gasteiger partial charge on any atom is -0.241 e. The zero-order chi connectivity index (χ0) is 9.80. The third-order valence-corrected chi connectivity index (χ3v) is 2.76. The minimum atomic E-state index is 0.483. The van der Waals surface area contributed by atoms with Crippen molar-refractivity contribution in [2.24, 2.45) is 0 Å². The van der Waals surface area contributed by atoms with E-state index in [-0.39, 0.29) is 0 Å². The Labute approximate surface area is 83.8 Å². The van der Waals surface area contributed by atoms with Crippen LogP contribution in [0.2, 0.25) is 0 Å². The number of hydrogen-bond acceptors (Lipinski definition) is 3. The molecule has 1 heterocycles. The van der Waals surface area contributed by atoms with E-state index >= 15 is 0 Å². The van der Waals surface area contributed by atoms with Crippen molar-refractivity contribution in [2.75, 3.05) is 0 Å². The van der Waals surface area contributed by atoms with Crippen LogP contribution >= 0.6 is 0 Å². The molecule has 0 spiro atoms. The number of rotatable bonds is 1. The van der Waals surface area contributed by atoms with E-state index in [0.29, 0.717) is 11.6 Å². The number of nitrogens with zero attached hydrogens (tertiary/aromatic N) is 3. The van der Waals surface area contributed by atoms with Crippen molar-refractivity contribution in [3.05, 3.63) is 23.8 Å². The summed E-state index contributed by atoms with van der Waals surface area (Å²) in [6.45, 7) is 0. The monoisotopic (exact) mass is 187 g/mol. The van der Waals surface area contributed by atoms with Crippen molar-refractivity contribution in [3.8, 4) is 6.07 Å². The lowest BCUT2D eigenvalue weighted by Crippen LogP contribution is -2.09. The van der Waals surface area contributed by atoms with E-state index < -0.39 is 0 Å². The molecule has 0 aliphatic heterocycles. The predicted molar refractivity (Wildman–Crippen MR) is 52.6 cm³/mol. The Morgan fingerprint density at radius 3 is 2.79 bits per heavy atom. The fraction of sp³-hybridized carbons (Fsp3) is 0.545. The fourth-order valence-electron chi connectivity index (χ4n) is 1.99. The van der Waals surface area contributed by atoms with Crippen LogP contribution in [0.25, 0.3) is 0 Å². The third-order valence-electron chi connectivity index (χ3n) is 2.76. The normalized spacial score (nSPS) is 17.6. The van der Waals surface area contributed by atoms with Crippen LogP contribution in [-0.4, -0.2) is 9.97 Å². The quantitative estimate of drug-likeness (QED) is 0.678. The Morgan fingerprint density at radius 2 is 2.07 bits per heavy atom. The third kappa shape index (κ3) is 1.90. The highest BCUT2D eigenvalue weighted by Crippen LogP contribution is 2.30. The van der Waals surface area contributed by atoms with Gasteiger partial charge in [0.05, 0.1) is 0 Å². The van der Waals surface area contributed by atoms with E-state index in [9.17, 15) is 0 Å². The van der Waals surface area contributed by atoms with Crippen LogP contribution in [-0.2, 0) is 0 Å². The largest absolute Gasteiger partial charge is 0.241 e. The highest BCUT2D eigenvalue weighted by molar-refractivity contribution is 5.19. The average molecular weight is 187 g/mol. The van der Waals surface area contributed by atoms with Gasteiger partial charge in [-0.05, 0) is 18.9 Å². The lowest BCUT2D eigenvalue weighted by atomic mass is 9.89. The van der Waals surface area contributed by atoms with Crippen molar-refractivity contribution in [1.82, 2.24) is 9.97 Å². The molecule has 1 aromatic rings. The first-order chi connectivity index (χ1) is 6.90. The summed E-state index contributed by atoms with van der Waals surface area (Å²) in [5, 5.41) is 8.72. The molecule has 0 aromatic carbocycles. The zero-order valence-electron chi connectivity index (χ0n) is 8.11. The Bertz CT molecular complexity index is 348. The van der Waals surface area contributed by atoms with Crippen LogP contribution in [0.3, 0.4) is 0 Å². The summed E-state index contributed by atoms with van der Waals surface area (Å²) in [4.78, 5) is 8.49. The van der Waals surface area contributed by atoms with Gasteiger partial charge in [-0.2, -0.15) is 5.26 Å². The molecular weight excluding hydrogens is 174 g/mol. The van der Waals surface area contributed by atoms with Crippen molar-refractivity contribution < 1.29 is 0 Å². The van der Waals surface area contributed by atoms with Crippen molar-refractivity contribution in [1.29, 1.82) is 5.26 Å². The molecular formula is C11H13N3. The van der Waals surface area contributed by atoms with Crippen LogP contribution in [0.15, 0.2) is 12.3 Å². The van der Waals surface area contributed by atoms with Gasteiger partial charge in [-0.15, -0.1) is 0 Å². The molecule has 1 saturated carbocycles. The number of aromatic nitrogens is 2. The summed E-state index contributed by atoms with van der Waals surface area (Å²) >= 11 is 0. The van der Waals surface area contributed by atoms with Gasteiger partial charge in [0.2, 0.25) is 0 Å². The summed E-state index contributed by atoms with van der Waals surface area (Å²) in [5.74, 6) is 1.35. The number of hydrogen-bond donors (Lipinski definition) is 0. The van der Waals surface area contributed by atoms with Crippen LogP contribution in [0, 0.1) is 11.3 Å². The highest BCUT2D eigenvalue weighted by atomic mass is 14.9. The topological polar surface area (TPSA) is 49.6 Å². The molecule has 1 aliphatic carbocycles. The maximum Gasteiger partial charge on any atom is 0.144 e. The molecule has 1 aromatic heterocycles. The van der Waals surface area contributed by atoms with Gasteiger partial charge in [0, 0.05) is 12.1 Å². The molecule has 1 aliphatic rings. The molecule has 0 radical (unpaired) electrons. The second-order valence-corrected chi connectivity index (χ2v) is 3.75. The Hall–Kier alpha value is -1.43.